The highest BCUT2D eigenvalue weighted by Gasteiger charge is 2.18. The first kappa shape index (κ1) is 25.9. The quantitative estimate of drug-likeness (QED) is 0.204. The normalized spacial score (nSPS) is 10.6. The Balaban J connectivity index is 1.31. The Kier molecular flexibility index (Phi) is 8.09. The van der Waals surface area contributed by atoms with Crippen LogP contribution in [0.4, 0.5) is 5.69 Å². The van der Waals surface area contributed by atoms with Crippen molar-refractivity contribution in [1.29, 1.82) is 0 Å². The summed E-state index contributed by atoms with van der Waals surface area (Å²) in [5.74, 6) is 3.51. The molecule has 0 unspecified atom stereocenters. The Morgan fingerprint density at radius 2 is 1.44 bits per heavy atom. The van der Waals surface area contributed by atoms with E-state index in [1.165, 1.54) is 11.8 Å². The van der Waals surface area contributed by atoms with E-state index in [2.05, 4.69) is 15.5 Å². The monoisotopic (exact) mass is 538 g/mol. The summed E-state index contributed by atoms with van der Waals surface area (Å²) in [5.41, 5.74) is 2.36. The molecule has 0 atom stereocenters. The summed E-state index contributed by atoms with van der Waals surface area (Å²) in [5, 5.41) is 12.4. The van der Waals surface area contributed by atoms with E-state index in [9.17, 15) is 4.79 Å². The zero-order valence-electron chi connectivity index (χ0n) is 21.4. The van der Waals surface area contributed by atoms with Gasteiger partial charge in [-0.05, 0) is 72.8 Å². The van der Waals surface area contributed by atoms with Crippen LogP contribution in [0, 0.1) is 0 Å². The second-order valence-electron chi connectivity index (χ2n) is 8.35. The average molecular weight is 539 g/mol. The van der Waals surface area contributed by atoms with Crippen molar-refractivity contribution >= 4 is 23.4 Å². The molecule has 8 nitrogen and oxygen atoms in total. The van der Waals surface area contributed by atoms with Gasteiger partial charge in [-0.25, -0.2) is 0 Å². The van der Waals surface area contributed by atoms with Gasteiger partial charge >= 0.3 is 0 Å². The lowest BCUT2D eigenvalue weighted by Crippen LogP contribution is -2.14. The lowest BCUT2D eigenvalue weighted by molar-refractivity contribution is -0.113. The number of rotatable bonds is 10. The highest BCUT2D eigenvalue weighted by molar-refractivity contribution is 7.99. The van der Waals surface area contributed by atoms with E-state index < -0.39 is 0 Å². The van der Waals surface area contributed by atoms with Crippen molar-refractivity contribution < 1.29 is 19.0 Å². The largest absolute Gasteiger partial charge is 0.497 e. The van der Waals surface area contributed by atoms with Gasteiger partial charge in [0.15, 0.2) is 11.0 Å². The van der Waals surface area contributed by atoms with Crippen LogP contribution in [-0.4, -0.2) is 40.6 Å². The number of benzene rings is 4. The second kappa shape index (κ2) is 12.2. The molecule has 0 saturated carbocycles. The Morgan fingerprint density at radius 3 is 2.15 bits per heavy atom. The fraction of sp³-hybridized carbons (Fsp3) is 0.100. The van der Waals surface area contributed by atoms with Crippen molar-refractivity contribution in [2.24, 2.45) is 0 Å². The van der Waals surface area contributed by atoms with Gasteiger partial charge in [0.25, 0.3) is 0 Å². The predicted molar refractivity (Wildman–Crippen MR) is 152 cm³/mol. The Labute approximate surface area is 230 Å². The number of hydrogen-bond acceptors (Lipinski definition) is 7. The number of nitrogens with zero attached hydrogens (tertiary/aromatic N) is 3. The van der Waals surface area contributed by atoms with Gasteiger partial charge in [-0.3, -0.25) is 9.36 Å². The van der Waals surface area contributed by atoms with Crippen LogP contribution in [0.1, 0.15) is 0 Å². The summed E-state index contributed by atoms with van der Waals surface area (Å²) in [6.07, 6.45) is 0. The fourth-order valence-electron chi connectivity index (χ4n) is 3.83. The topological polar surface area (TPSA) is 87.5 Å². The minimum atomic E-state index is -0.163. The minimum absolute atomic E-state index is 0.147. The summed E-state index contributed by atoms with van der Waals surface area (Å²) in [6, 6.07) is 32.0. The van der Waals surface area contributed by atoms with Crippen LogP contribution in [0.5, 0.6) is 23.0 Å². The lowest BCUT2D eigenvalue weighted by Gasteiger charge is -2.12. The van der Waals surface area contributed by atoms with Gasteiger partial charge in [0.05, 0.1) is 20.0 Å². The van der Waals surface area contributed by atoms with Crippen LogP contribution in [-0.2, 0) is 4.79 Å². The van der Waals surface area contributed by atoms with E-state index in [1.807, 2.05) is 108 Å². The molecule has 0 bridgehead atoms. The number of carbonyl (C=O) groups excluding carboxylic acids is 1. The van der Waals surface area contributed by atoms with Crippen LogP contribution in [0.25, 0.3) is 17.1 Å². The maximum Gasteiger partial charge on any atom is 0.234 e. The molecule has 5 rings (SSSR count). The average Bonchev–Trinajstić information content (AvgIpc) is 3.42. The van der Waals surface area contributed by atoms with E-state index in [0.29, 0.717) is 28.2 Å². The maximum atomic E-state index is 12.8. The van der Waals surface area contributed by atoms with Crippen molar-refractivity contribution in [3.05, 3.63) is 103 Å². The van der Waals surface area contributed by atoms with Gasteiger partial charge in [0.2, 0.25) is 5.91 Å². The molecule has 39 heavy (non-hydrogen) atoms. The van der Waals surface area contributed by atoms with Crippen molar-refractivity contribution in [2.75, 3.05) is 25.3 Å². The Bertz CT molecular complexity index is 1540. The van der Waals surface area contributed by atoms with E-state index in [1.54, 1.807) is 14.2 Å². The molecule has 4 aromatic carbocycles. The highest BCUT2D eigenvalue weighted by atomic mass is 32.2. The zero-order valence-corrected chi connectivity index (χ0v) is 22.2. The molecule has 0 spiro atoms. The van der Waals surface area contributed by atoms with E-state index in [0.717, 1.165) is 22.7 Å². The molecule has 0 aliphatic rings. The standard InChI is InChI=1S/C30H26N4O4S/c1-36-24-17-13-23(14-18-24)34-29(21-7-6-10-27(19-21)37-2)32-33-30(34)39-20-28(35)31-22-11-15-26(16-12-22)38-25-8-4-3-5-9-25/h3-19H,20H2,1-2H3,(H,31,35). The highest BCUT2D eigenvalue weighted by Crippen LogP contribution is 2.31. The second-order valence-corrected chi connectivity index (χ2v) is 9.29. The van der Waals surface area contributed by atoms with E-state index in [4.69, 9.17) is 14.2 Å². The zero-order chi connectivity index (χ0) is 27.0. The molecule has 1 aromatic heterocycles. The van der Waals surface area contributed by atoms with Gasteiger partial charge in [-0.15, -0.1) is 10.2 Å². The predicted octanol–water partition coefficient (Wildman–Crippen LogP) is 6.47. The maximum absolute atomic E-state index is 12.8. The third-order valence-corrected chi connectivity index (χ3v) is 6.67. The number of hydrogen-bond donors (Lipinski definition) is 1. The molecule has 0 fully saturated rings. The molecule has 5 aromatic rings. The first-order valence-electron chi connectivity index (χ1n) is 12.1. The van der Waals surface area contributed by atoms with Gasteiger partial charge in [-0.1, -0.05) is 42.1 Å². The van der Waals surface area contributed by atoms with Gasteiger partial charge in [-0.2, -0.15) is 0 Å². The molecule has 0 aliphatic carbocycles. The molecule has 1 amide bonds. The number of ether oxygens (including phenoxy) is 3. The van der Waals surface area contributed by atoms with Crippen molar-refractivity contribution in [2.45, 2.75) is 5.16 Å². The summed E-state index contributed by atoms with van der Waals surface area (Å²) in [6.45, 7) is 0. The third-order valence-electron chi connectivity index (χ3n) is 5.74. The number of nitrogens with one attached hydrogen (secondary N) is 1. The lowest BCUT2D eigenvalue weighted by atomic mass is 10.2. The molecular weight excluding hydrogens is 512 g/mol. The molecule has 196 valence electrons. The summed E-state index contributed by atoms with van der Waals surface area (Å²) < 4.78 is 18.4. The number of carbonyl (C=O) groups is 1. The first-order chi connectivity index (χ1) is 19.1. The van der Waals surface area contributed by atoms with Gasteiger partial charge in [0.1, 0.15) is 23.0 Å². The van der Waals surface area contributed by atoms with Crippen LogP contribution >= 0.6 is 11.8 Å². The molecule has 0 saturated heterocycles. The number of anilines is 1. The fourth-order valence-corrected chi connectivity index (χ4v) is 4.59. The SMILES string of the molecule is COc1ccc(-n2c(SCC(=O)Nc3ccc(Oc4ccccc4)cc3)nnc2-c2cccc(OC)c2)cc1. The molecule has 1 N–H and O–H groups in total. The van der Waals surface area contributed by atoms with E-state index in [-0.39, 0.29) is 11.7 Å². The number of methoxy groups -OCH3 is 2. The van der Waals surface area contributed by atoms with Crippen LogP contribution in [0.15, 0.2) is 108 Å². The van der Waals surface area contributed by atoms with Crippen LogP contribution < -0.4 is 19.5 Å². The van der Waals surface area contributed by atoms with Crippen LogP contribution in [0.3, 0.4) is 0 Å². The number of thioether (sulfide) groups is 1. The van der Waals surface area contributed by atoms with Crippen molar-refractivity contribution in [1.82, 2.24) is 14.8 Å². The molecule has 0 radical (unpaired) electrons. The van der Waals surface area contributed by atoms with Crippen LogP contribution in [0.2, 0.25) is 0 Å². The van der Waals surface area contributed by atoms with Crippen molar-refractivity contribution in [3.63, 3.8) is 0 Å². The van der Waals surface area contributed by atoms with Gasteiger partial charge in [0, 0.05) is 16.9 Å². The number of aromatic nitrogens is 3. The number of para-hydroxylation sites is 1. The molecule has 1 heterocycles. The minimum Gasteiger partial charge on any atom is -0.497 e. The third kappa shape index (κ3) is 6.39. The van der Waals surface area contributed by atoms with E-state index >= 15 is 0 Å². The van der Waals surface area contributed by atoms with Crippen molar-refractivity contribution in [3.8, 4) is 40.1 Å². The smallest absolute Gasteiger partial charge is 0.234 e. The number of amides is 1. The Morgan fingerprint density at radius 1 is 0.769 bits per heavy atom. The molecule has 0 aliphatic heterocycles. The molecular formula is C30H26N4O4S. The van der Waals surface area contributed by atoms with Gasteiger partial charge < -0.3 is 19.5 Å². The Hall–Kier alpha value is -4.76. The summed E-state index contributed by atoms with van der Waals surface area (Å²) in [4.78, 5) is 12.8. The molecule has 9 heteroatoms. The summed E-state index contributed by atoms with van der Waals surface area (Å²) in [7, 11) is 3.25. The first-order valence-corrected chi connectivity index (χ1v) is 13.1. The summed E-state index contributed by atoms with van der Waals surface area (Å²) >= 11 is 1.30.